The second kappa shape index (κ2) is 8.05. The summed E-state index contributed by atoms with van der Waals surface area (Å²) in [6.45, 7) is 8.09. The summed E-state index contributed by atoms with van der Waals surface area (Å²) in [5, 5.41) is 3.06. The van der Waals surface area contributed by atoms with E-state index in [2.05, 4.69) is 30.0 Å². The van der Waals surface area contributed by atoms with E-state index in [1.54, 1.807) is 19.2 Å². The molecule has 1 amide bonds. The van der Waals surface area contributed by atoms with Crippen LogP contribution in [0.15, 0.2) is 24.3 Å². The van der Waals surface area contributed by atoms with Crippen molar-refractivity contribution in [1.82, 2.24) is 16.2 Å². The highest BCUT2D eigenvalue weighted by Gasteiger charge is 2.40. The Balaban J connectivity index is 2.07. The number of hydrogen-bond donors (Lipinski definition) is 3. The van der Waals surface area contributed by atoms with Crippen LogP contribution >= 0.6 is 0 Å². The van der Waals surface area contributed by atoms with Crippen molar-refractivity contribution in [2.75, 3.05) is 7.11 Å². The first kappa shape index (κ1) is 18.8. The van der Waals surface area contributed by atoms with Crippen molar-refractivity contribution in [3.63, 3.8) is 0 Å². The Labute approximate surface area is 143 Å². The van der Waals surface area contributed by atoms with Gasteiger partial charge in [-0.25, -0.2) is 4.39 Å². The summed E-state index contributed by atoms with van der Waals surface area (Å²) in [5.41, 5.74) is 7.20. The van der Waals surface area contributed by atoms with Gasteiger partial charge in [-0.05, 0) is 37.5 Å². The molecule has 1 saturated heterocycles. The molecule has 0 radical (unpaired) electrons. The fraction of sp³-hybridized carbons (Fsp3) is 0.611. The highest BCUT2D eigenvalue weighted by Crippen LogP contribution is 2.24. The Morgan fingerprint density at radius 3 is 2.38 bits per heavy atom. The molecule has 1 heterocycles. The summed E-state index contributed by atoms with van der Waals surface area (Å²) < 4.78 is 18.6. The number of halogens is 1. The Morgan fingerprint density at radius 1 is 1.21 bits per heavy atom. The highest BCUT2D eigenvalue weighted by atomic mass is 19.1. The molecule has 1 aromatic rings. The van der Waals surface area contributed by atoms with Gasteiger partial charge in [-0.15, -0.1) is 0 Å². The molecule has 0 spiro atoms. The smallest absolute Gasteiger partial charge is 0.226 e. The Bertz CT molecular complexity index is 550. The van der Waals surface area contributed by atoms with Crippen LogP contribution in [0, 0.1) is 17.7 Å². The molecule has 5 atom stereocenters. The molecule has 3 N–H and O–H groups in total. The van der Waals surface area contributed by atoms with Crippen LogP contribution in [0.1, 0.15) is 39.4 Å². The first-order valence-electron chi connectivity index (χ1n) is 8.44. The number of nitrogens with one attached hydrogen (secondary N) is 3. The Hall–Kier alpha value is -1.50. The molecule has 5 nitrogen and oxygen atoms in total. The summed E-state index contributed by atoms with van der Waals surface area (Å²) in [7, 11) is 1.59. The molecule has 1 aliphatic heterocycles. The molecule has 0 aromatic heterocycles. The lowest BCUT2D eigenvalue weighted by Crippen LogP contribution is -2.47. The molecular weight excluding hydrogens is 309 g/mol. The molecular formula is C18H28FN3O2. The number of hydrazine groups is 1. The lowest BCUT2D eigenvalue weighted by Gasteiger charge is -2.28. The van der Waals surface area contributed by atoms with Gasteiger partial charge in [-0.2, -0.15) is 0 Å². The number of benzene rings is 1. The summed E-state index contributed by atoms with van der Waals surface area (Å²) >= 11 is 0. The van der Waals surface area contributed by atoms with Gasteiger partial charge in [-0.3, -0.25) is 15.6 Å². The summed E-state index contributed by atoms with van der Waals surface area (Å²) in [6.07, 6.45) is -0.329. The van der Waals surface area contributed by atoms with Crippen LogP contribution in [0.25, 0.3) is 0 Å². The van der Waals surface area contributed by atoms with Crippen LogP contribution in [0.2, 0.25) is 0 Å². The number of carbonyl (C=O) groups excluding carboxylic acids is 1. The summed E-state index contributed by atoms with van der Waals surface area (Å²) in [6, 6.07) is 6.08. The topological polar surface area (TPSA) is 62.4 Å². The molecule has 0 bridgehead atoms. The largest absolute Gasteiger partial charge is 0.375 e. The minimum Gasteiger partial charge on any atom is -0.375 e. The number of rotatable bonds is 6. The number of ether oxygens (including phenoxy) is 1. The van der Waals surface area contributed by atoms with Gasteiger partial charge < -0.3 is 10.1 Å². The molecule has 1 aliphatic rings. The van der Waals surface area contributed by atoms with E-state index in [1.807, 2.05) is 13.8 Å². The third kappa shape index (κ3) is 4.12. The van der Waals surface area contributed by atoms with Crippen LogP contribution < -0.4 is 16.2 Å². The van der Waals surface area contributed by atoms with E-state index in [0.29, 0.717) is 5.92 Å². The summed E-state index contributed by atoms with van der Waals surface area (Å²) in [4.78, 5) is 12.8. The first-order chi connectivity index (χ1) is 11.3. The van der Waals surface area contributed by atoms with Gasteiger partial charge in [0.05, 0.1) is 12.0 Å². The monoisotopic (exact) mass is 337 g/mol. The predicted octanol–water partition coefficient (Wildman–Crippen LogP) is 2.15. The van der Waals surface area contributed by atoms with E-state index < -0.39 is 0 Å². The zero-order valence-corrected chi connectivity index (χ0v) is 15.0. The van der Waals surface area contributed by atoms with Gasteiger partial charge >= 0.3 is 0 Å². The maximum absolute atomic E-state index is 13.1. The number of amides is 1. The summed E-state index contributed by atoms with van der Waals surface area (Å²) in [5.74, 6) is -0.112. The van der Waals surface area contributed by atoms with Gasteiger partial charge in [0.25, 0.3) is 0 Å². The normalized spacial score (nSPS) is 26.4. The maximum atomic E-state index is 13.1. The van der Waals surface area contributed by atoms with Gasteiger partial charge in [0.15, 0.2) is 0 Å². The van der Waals surface area contributed by atoms with Crippen molar-refractivity contribution in [1.29, 1.82) is 0 Å². The van der Waals surface area contributed by atoms with Crippen molar-refractivity contribution >= 4 is 5.91 Å². The third-order valence-electron chi connectivity index (χ3n) is 4.70. The Kier molecular flexibility index (Phi) is 6.32. The van der Waals surface area contributed by atoms with Crippen molar-refractivity contribution < 1.29 is 13.9 Å². The molecule has 0 saturated carbocycles. The van der Waals surface area contributed by atoms with Gasteiger partial charge in [-0.1, -0.05) is 26.0 Å². The second-order valence-corrected chi connectivity index (χ2v) is 6.88. The molecule has 134 valence electrons. The maximum Gasteiger partial charge on any atom is 0.226 e. The molecule has 0 aliphatic carbocycles. The third-order valence-corrected chi connectivity index (χ3v) is 4.70. The van der Waals surface area contributed by atoms with Crippen LogP contribution in [-0.2, 0) is 9.53 Å². The zero-order chi connectivity index (χ0) is 17.9. The van der Waals surface area contributed by atoms with E-state index in [9.17, 15) is 9.18 Å². The van der Waals surface area contributed by atoms with Crippen molar-refractivity contribution in [3.8, 4) is 0 Å². The fourth-order valence-electron chi connectivity index (χ4n) is 3.37. The lowest BCUT2D eigenvalue weighted by molar-refractivity contribution is -0.127. The minimum atomic E-state index is -0.329. The minimum absolute atomic E-state index is 0.00429. The van der Waals surface area contributed by atoms with E-state index in [0.717, 1.165) is 5.56 Å². The van der Waals surface area contributed by atoms with Crippen LogP contribution in [-0.4, -0.2) is 31.1 Å². The van der Waals surface area contributed by atoms with E-state index in [1.165, 1.54) is 12.1 Å². The SMILES string of the molecule is COC(c1ccc(F)cc1)C(C)NC(=O)C1C(C)NNC1C(C)C. The quantitative estimate of drug-likeness (QED) is 0.744. The first-order valence-corrected chi connectivity index (χ1v) is 8.44. The van der Waals surface area contributed by atoms with E-state index >= 15 is 0 Å². The molecule has 1 aromatic carbocycles. The predicted molar refractivity (Wildman–Crippen MR) is 91.6 cm³/mol. The van der Waals surface area contributed by atoms with Crippen LogP contribution in [0.4, 0.5) is 4.39 Å². The average molecular weight is 337 g/mol. The van der Waals surface area contributed by atoms with E-state index in [4.69, 9.17) is 4.74 Å². The number of carbonyl (C=O) groups is 1. The van der Waals surface area contributed by atoms with Gasteiger partial charge in [0.1, 0.15) is 11.9 Å². The van der Waals surface area contributed by atoms with Crippen molar-refractivity contribution in [3.05, 3.63) is 35.6 Å². The van der Waals surface area contributed by atoms with Gasteiger partial charge in [0.2, 0.25) is 5.91 Å². The van der Waals surface area contributed by atoms with Crippen molar-refractivity contribution in [2.24, 2.45) is 11.8 Å². The molecule has 24 heavy (non-hydrogen) atoms. The molecule has 5 unspecified atom stereocenters. The highest BCUT2D eigenvalue weighted by molar-refractivity contribution is 5.81. The van der Waals surface area contributed by atoms with Crippen molar-refractivity contribution in [2.45, 2.75) is 51.9 Å². The number of methoxy groups -OCH3 is 1. The second-order valence-electron chi connectivity index (χ2n) is 6.88. The standard InChI is InChI=1S/C18H28FN3O2/c1-10(2)16-15(11(3)21-22-16)18(23)20-12(4)17(24-5)13-6-8-14(19)9-7-13/h6-12,15-17,21-22H,1-5H3,(H,20,23). The van der Waals surface area contributed by atoms with Crippen LogP contribution in [0.5, 0.6) is 0 Å². The zero-order valence-electron chi connectivity index (χ0n) is 15.0. The molecule has 6 heteroatoms. The van der Waals surface area contributed by atoms with E-state index in [-0.39, 0.29) is 41.9 Å². The lowest BCUT2D eigenvalue weighted by atomic mass is 9.87. The fourth-order valence-corrected chi connectivity index (χ4v) is 3.37. The van der Waals surface area contributed by atoms with Crippen LogP contribution in [0.3, 0.4) is 0 Å². The molecule has 1 fully saturated rings. The average Bonchev–Trinajstić information content (AvgIpc) is 2.92. The molecule has 2 rings (SSSR count). The Morgan fingerprint density at radius 2 is 1.83 bits per heavy atom. The number of hydrogen-bond acceptors (Lipinski definition) is 4. The van der Waals surface area contributed by atoms with Gasteiger partial charge in [0, 0.05) is 19.2 Å².